The molecule has 16 heavy (non-hydrogen) atoms. The number of nitrogens with zero attached hydrogens (tertiary/aromatic N) is 1. The van der Waals surface area contributed by atoms with Crippen LogP contribution >= 0.6 is 11.6 Å². The largest absolute Gasteiger partial charge is 0.289 e. The fourth-order valence-corrected chi connectivity index (χ4v) is 1.49. The van der Waals surface area contributed by atoms with Crippen LogP contribution in [0.2, 0.25) is 5.02 Å². The highest BCUT2D eigenvalue weighted by molar-refractivity contribution is 6.30. The molecule has 1 N–H and O–H groups in total. The molecule has 0 radical (unpaired) electrons. The third-order valence-corrected chi connectivity index (χ3v) is 2.39. The molecule has 3 nitrogen and oxygen atoms in total. The van der Waals surface area contributed by atoms with Gasteiger partial charge in [-0.1, -0.05) is 11.6 Å². The third kappa shape index (κ3) is 3.18. The lowest BCUT2D eigenvalue weighted by atomic mass is 10.00. The van der Waals surface area contributed by atoms with E-state index in [4.69, 9.17) is 11.6 Å². The first kappa shape index (κ1) is 12.9. The molecule has 88 valence electrons. The van der Waals surface area contributed by atoms with Crippen molar-refractivity contribution in [2.45, 2.75) is 12.8 Å². The Morgan fingerprint density at radius 2 is 2.12 bits per heavy atom. The lowest BCUT2D eigenvalue weighted by molar-refractivity contribution is -0.126. The van der Waals surface area contributed by atoms with E-state index in [0.717, 1.165) is 0 Å². The maximum atomic E-state index is 13.5. The van der Waals surface area contributed by atoms with Crippen LogP contribution in [0.4, 0.5) is 4.39 Å². The Kier molecular flexibility index (Phi) is 4.26. The summed E-state index contributed by atoms with van der Waals surface area (Å²) in [5.74, 6) is -1.28. The first-order chi connectivity index (χ1) is 7.41. The molecule has 0 aliphatic rings. The Balaban J connectivity index is 2.91. The molecule has 1 atom stereocenters. The molecular weight excluding hydrogens is 231 g/mol. The van der Waals surface area contributed by atoms with Crippen molar-refractivity contribution >= 4 is 17.5 Å². The SMILES string of the molecule is CC(C(=O)NN(C)C)c1cc(Cl)ccc1F. The zero-order valence-corrected chi connectivity index (χ0v) is 10.2. The summed E-state index contributed by atoms with van der Waals surface area (Å²) in [6.45, 7) is 1.63. The molecule has 0 aliphatic carbocycles. The normalized spacial score (nSPS) is 12.6. The van der Waals surface area contributed by atoms with Crippen LogP contribution in [0.3, 0.4) is 0 Å². The van der Waals surface area contributed by atoms with Crippen molar-refractivity contribution in [2.24, 2.45) is 0 Å². The zero-order valence-electron chi connectivity index (χ0n) is 9.42. The van der Waals surface area contributed by atoms with Gasteiger partial charge in [0.2, 0.25) is 5.91 Å². The minimum absolute atomic E-state index is 0.272. The van der Waals surface area contributed by atoms with Crippen molar-refractivity contribution in [3.05, 3.63) is 34.6 Å². The maximum Gasteiger partial charge on any atom is 0.241 e. The number of halogens is 2. The highest BCUT2D eigenvalue weighted by Crippen LogP contribution is 2.22. The molecule has 0 fully saturated rings. The lowest BCUT2D eigenvalue weighted by Gasteiger charge is -2.17. The quantitative estimate of drug-likeness (QED) is 0.827. The zero-order chi connectivity index (χ0) is 12.3. The molecule has 1 aromatic rings. The minimum Gasteiger partial charge on any atom is -0.289 e. The molecule has 0 aliphatic heterocycles. The molecule has 1 aromatic carbocycles. The molecule has 0 saturated carbocycles. The molecule has 1 rings (SSSR count). The van der Waals surface area contributed by atoms with E-state index < -0.39 is 11.7 Å². The third-order valence-electron chi connectivity index (χ3n) is 2.15. The van der Waals surface area contributed by atoms with Gasteiger partial charge in [0.15, 0.2) is 0 Å². The molecule has 0 spiro atoms. The maximum absolute atomic E-state index is 13.5. The van der Waals surface area contributed by atoms with Crippen LogP contribution in [0.15, 0.2) is 18.2 Å². The van der Waals surface area contributed by atoms with E-state index in [0.29, 0.717) is 10.6 Å². The second-order valence-corrected chi connectivity index (χ2v) is 4.19. The summed E-state index contributed by atoms with van der Waals surface area (Å²) >= 11 is 5.76. The van der Waals surface area contributed by atoms with Crippen molar-refractivity contribution in [1.82, 2.24) is 10.4 Å². The highest BCUT2D eigenvalue weighted by atomic mass is 35.5. The molecule has 0 saturated heterocycles. The van der Waals surface area contributed by atoms with E-state index >= 15 is 0 Å². The second-order valence-electron chi connectivity index (χ2n) is 3.76. The Hall–Kier alpha value is -1.13. The fourth-order valence-electron chi connectivity index (χ4n) is 1.30. The average Bonchev–Trinajstić information content (AvgIpc) is 2.19. The summed E-state index contributed by atoms with van der Waals surface area (Å²) in [5, 5.41) is 1.93. The summed E-state index contributed by atoms with van der Waals surface area (Å²) in [7, 11) is 3.39. The minimum atomic E-state index is -0.582. The van der Waals surface area contributed by atoms with Gasteiger partial charge < -0.3 is 0 Å². The van der Waals surface area contributed by atoms with Crippen molar-refractivity contribution in [2.75, 3.05) is 14.1 Å². The number of carbonyl (C=O) groups excluding carboxylic acids is 1. The Morgan fingerprint density at radius 1 is 1.50 bits per heavy atom. The van der Waals surface area contributed by atoms with Gasteiger partial charge in [0.05, 0.1) is 5.92 Å². The monoisotopic (exact) mass is 244 g/mol. The summed E-state index contributed by atoms with van der Waals surface area (Å²) in [6.07, 6.45) is 0. The molecule has 1 unspecified atom stereocenters. The van der Waals surface area contributed by atoms with Gasteiger partial charge in [-0.05, 0) is 25.1 Å². The summed E-state index contributed by atoms with van der Waals surface area (Å²) < 4.78 is 13.5. The van der Waals surface area contributed by atoms with E-state index in [1.54, 1.807) is 21.0 Å². The number of carbonyl (C=O) groups is 1. The van der Waals surface area contributed by atoms with E-state index in [1.165, 1.54) is 23.2 Å². The van der Waals surface area contributed by atoms with E-state index in [1.807, 2.05) is 0 Å². The van der Waals surface area contributed by atoms with Gasteiger partial charge in [0.1, 0.15) is 5.82 Å². The fraction of sp³-hybridized carbons (Fsp3) is 0.364. The van der Waals surface area contributed by atoms with Crippen molar-refractivity contribution < 1.29 is 9.18 Å². The van der Waals surface area contributed by atoms with E-state index in [-0.39, 0.29) is 5.91 Å². The molecule has 0 bridgehead atoms. The molecule has 0 aromatic heterocycles. The van der Waals surface area contributed by atoms with Crippen LogP contribution in [0.5, 0.6) is 0 Å². The summed E-state index contributed by atoms with van der Waals surface area (Å²) in [5.41, 5.74) is 2.87. The molecular formula is C11H14ClFN2O. The number of rotatable bonds is 3. The van der Waals surface area contributed by atoms with Gasteiger partial charge in [0, 0.05) is 24.7 Å². The van der Waals surface area contributed by atoms with Crippen LogP contribution in [0, 0.1) is 5.82 Å². The van der Waals surface area contributed by atoms with Crippen LogP contribution in [0.1, 0.15) is 18.4 Å². The van der Waals surface area contributed by atoms with Gasteiger partial charge in [-0.25, -0.2) is 9.40 Å². The van der Waals surface area contributed by atoms with Crippen LogP contribution in [-0.4, -0.2) is 25.0 Å². The number of benzene rings is 1. The molecule has 1 amide bonds. The first-order valence-electron chi connectivity index (χ1n) is 4.84. The Bertz CT molecular complexity index is 396. The van der Waals surface area contributed by atoms with Crippen LogP contribution in [0.25, 0.3) is 0 Å². The van der Waals surface area contributed by atoms with Gasteiger partial charge in [-0.15, -0.1) is 0 Å². The standard InChI is InChI=1S/C11H14ClFN2O/c1-7(11(16)14-15(2)3)9-6-8(12)4-5-10(9)13/h4-7H,1-3H3,(H,14,16). The van der Waals surface area contributed by atoms with Crippen LogP contribution < -0.4 is 5.43 Å². The van der Waals surface area contributed by atoms with E-state index in [9.17, 15) is 9.18 Å². The predicted molar refractivity (Wildman–Crippen MR) is 61.7 cm³/mol. The predicted octanol–water partition coefficient (Wildman–Crippen LogP) is 2.18. The Labute approximate surface area is 99.2 Å². The van der Waals surface area contributed by atoms with Gasteiger partial charge in [-0.3, -0.25) is 10.2 Å². The number of nitrogens with one attached hydrogen (secondary N) is 1. The van der Waals surface area contributed by atoms with Crippen molar-refractivity contribution in [1.29, 1.82) is 0 Å². The van der Waals surface area contributed by atoms with Crippen molar-refractivity contribution in [3.8, 4) is 0 Å². The van der Waals surface area contributed by atoms with Gasteiger partial charge >= 0.3 is 0 Å². The second kappa shape index (κ2) is 5.27. The number of amides is 1. The van der Waals surface area contributed by atoms with E-state index in [2.05, 4.69) is 5.43 Å². The van der Waals surface area contributed by atoms with Crippen LogP contribution in [-0.2, 0) is 4.79 Å². The average molecular weight is 245 g/mol. The number of hydrogen-bond donors (Lipinski definition) is 1. The summed E-state index contributed by atoms with van der Waals surface area (Å²) in [4.78, 5) is 11.7. The highest BCUT2D eigenvalue weighted by Gasteiger charge is 2.19. The topological polar surface area (TPSA) is 32.3 Å². The number of hydrazine groups is 1. The lowest BCUT2D eigenvalue weighted by Crippen LogP contribution is -2.38. The first-order valence-corrected chi connectivity index (χ1v) is 5.22. The van der Waals surface area contributed by atoms with Gasteiger partial charge in [0.25, 0.3) is 0 Å². The Morgan fingerprint density at radius 3 is 2.69 bits per heavy atom. The van der Waals surface area contributed by atoms with Crippen molar-refractivity contribution in [3.63, 3.8) is 0 Å². The number of hydrogen-bond acceptors (Lipinski definition) is 2. The summed E-state index contributed by atoms with van der Waals surface area (Å²) in [6, 6.07) is 4.19. The smallest absolute Gasteiger partial charge is 0.241 e. The molecule has 0 heterocycles. The molecule has 5 heteroatoms. The van der Waals surface area contributed by atoms with Gasteiger partial charge in [-0.2, -0.15) is 0 Å².